The maximum absolute atomic E-state index is 12.0. The molecule has 0 bridgehead atoms. The molecule has 0 aliphatic carbocycles. The van der Waals surface area contributed by atoms with E-state index in [9.17, 15) is 4.79 Å². The first-order valence-electron chi connectivity index (χ1n) is 6.61. The Morgan fingerprint density at radius 3 is 2.96 bits per heavy atom. The summed E-state index contributed by atoms with van der Waals surface area (Å²) in [5, 5.41) is 11.5. The number of amides is 1. The normalized spacial score (nSPS) is 10.7. The minimum atomic E-state index is -0.160. The van der Waals surface area contributed by atoms with E-state index in [1.165, 1.54) is 11.8 Å². The van der Waals surface area contributed by atoms with Gasteiger partial charge in [0.1, 0.15) is 5.82 Å². The molecule has 3 aromatic rings. The average Bonchev–Trinajstić information content (AvgIpc) is 3.17. The molecule has 0 aliphatic heterocycles. The Bertz CT molecular complexity index is 801. The van der Waals surface area contributed by atoms with Gasteiger partial charge in [-0.15, -0.1) is 10.2 Å². The molecule has 3 aromatic heterocycles. The van der Waals surface area contributed by atoms with Gasteiger partial charge in [0.05, 0.1) is 12.0 Å². The Morgan fingerprint density at radius 2 is 2.26 bits per heavy atom. The lowest BCUT2D eigenvalue weighted by Gasteiger charge is -2.04. The van der Waals surface area contributed by atoms with Gasteiger partial charge < -0.3 is 14.3 Å². The van der Waals surface area contributed by atoms with Crippen molar-refractivity contribution in [2.75, 3.05) is 11.1 Å². The number of thioether (sulfide) groups is 1. The number of nitrogens with one attached hydrogen (secondary N) is 1. The summed E-state index contributed by atoms with van der Waals surface area (Å²) in [5.74, 6) is 1.81. The van der Waals surface area contributed by atoms with Gasteiger partial charge in [-0.2, -0.15) is 0 Å². The predicted molar refractivity (Wildman–Crippen MR) is 90.0 cm³/mol. The van der Waals surface area contributed by atoms with Crippen molar-refractivity contribution in [1.82, 2.24) is 19.7 Å². The molecule has 9 heteroatoms. The molecule has 0 atom stereocenters. The van der Waals surface area contributed by atoms with Crippen LogP contribution in [-0.4, -0.2) is 31.4 Å². The molecule has 1 N–H and O–H groups in total. The lowest BCUT2D eigenvalue weighted by molar-refractivity contribution is -0.113. The highest BCUT2D eigenvalue weighted by Crippen LogP contribution is 2.22. The van der Waals surface area contributed by atoms with E-state index < -0.39 is 0 Å². The molecule has 0 spiro atoms. The van der Waals surface area contributed by atoms with Gasteiger partial charge in [0, 0.05) is 17.7 Å². The molecule has 23 heavy (non-hydrogen) atoms. The zero-order valence-corrected chi connectivity index (χ0v) is 14.5. The van der Waals surface area contributed by atoms with Gasteiger partial charge in [0.15, 0.2) is 16.7 Å². The number of pyridine rings is 1. The first-order chi connectivity index (χ1) is 11.1. The number of furan rings is 1. The Balaban J connectivity index is 1.60. The summed E-state index contributed by atoms with van der Waals surface area (Å²) in [5.41, 5.74) is 0. The maximum Gasteiger partial charge on any atom is 0.236 e. The van der Waals surface area contributed by atoms with Crippen LogP contribution in [0.2, 0.25) is 0 Å². The standard InChI is InChI=1S/C14H12BrN5O2S/c1-20-13(10-3-2-6-22-10)18-19-14(20)23-8-12(21)17-11-5-4-9(15)7-16-11/h2-7H,8H2,1H3,(H,16,17,21). The summed E-state index contributed by atoms with van der Waals surface area (Å²) < 4.78 is 7.95. The van der Waals surface area contributed by atoms with E-state index in [-0.39, 0.29) is 11.7 Å². The number of nitrogens with zero attached hydrogens (tertiary/aromatic N) is 4. The molecule has 0 fully saturated rings. The van der Waals surface area contributed by atoms with Crippen LogP contribution in [0.4, 0.5) is 5.82 Å². The molecule has 3 rings (SSSR count). The van der Waals surface area contributed by atoms with Crippen LogP contribution < -0.4 is 5.32 Å². The lowest BCUT2D eigenvalue weighted by Crippen LogP contribution is -2.15. The van der Waals surface area contributed by atoms with Crippen molar-refractivity contribution in [2.45, 2.75) is 5.16 Å². The van der Waals surface area contributed by atoms with E-state index in [1.807, 2.05) is 19.2 Å². The zero-order valence-electron chi connectivity index (χ0n) is 12.1. The van der Waals surface area contributed by atoms with Crippen molar-refractivity contribution in [3.05, 3.63) is 41.2 Å². The second-order valence-corrected chi connectivity index (χ2v) is 6.40. The highest BCUT2D eigenvalue weighted by Gasteiger charge is 2.14. The van der Waals surface area contributed by atoms with Crippen LogP contribution in [-0.2, 0) is 11.8 Å². The molecule has 0 saturated carbocycles. The third-order valence-corrected chi connectivity index (χ3v) is 4.39. The molecule has 118 valence electrons. The van der Waals surface area contributed by atoms with Gasteiger partial charge in [0.2, 0.25) is 5.91 Å². The predicted octanol–water partition coefficient (Wildman–Crippen LogP) is 2.96. The van der Waals surface area contributed by atoms with E-state index in [0.717, 1.165) is 4.47 Å². The lowest BCUT2D eigenvalue weighted by atomic mass is 10.4. The van der Waals surface area contributed by atoms with Crippen molar-refractivity contribution in [3.63, 3.8) is 0 Å². The molecule has 1 amide bonds. The quantitative estimate of drug-likeness (QED) is 0.670. The van der Waals surface area contributed by atoms with Crippen molar-refractivity contribution in [1.29, 1.82) is 0 Å². The van der Waals surface area contributed by atoms with Crippen LogP contribution >= 0.6 is 27.7 Å². The van der Waals surface area contributed by atoms with Gasteiger partial charge in [-0.3, -0.25) is 4.79 Å². The Morgan fingerprint density at radius 1 is 1.39 bits per heavy atom. The molecule has 3 heterocycles. The third-order valence-electron chi connectivity index (χ3n) is 2.90. The van der Waals surface area contributed by atoms with Crippen molar-refractivity contribution >= 4 is 39.4 Å². The van der Waals surface area contributed by atoms with Gasteiger partial charge in [-0.1, -0.05) is 11.8 Å². The maximum atomic E-state index is 12.0. The van der Waals surface area contributed by atoms with Crippen molar-refractivity contribution in [3.8, 4) is 11.6 Å². The fourth-order valence-electron chi connectivity index (χ4n) is 1.82. The smallest absolute Gasteiger partial charge is 0.236 e. The number of carbonyl (C=O) groups is 1. The third kappa shape index (κ3) is 3.80. The number of hydrogen-bond acceptors (Lipinski definition) is 6. The summed E-state index contributed by atoms with van der Waals surface area (Å²) >= 11 is 4.59. The number of hydrogen-bond donors (Lipinski definition) is 1. The van der Waals surface area contributed by atoms with E-state index in [2.05, 4.69) is 36.4 Å². The number of halogens is 1. The first-order valence-corrected chi connectivity index (χ1v) is 8.39. The van der Waals surface area contributed by atoms with E-state index in [4.69, 9.17) is 4.42 Å². The fourth-order valence-corrected chi connectivity index (χ4v) is 2.77. The number of rotatable bonds is 5. The minimum Gasteiger partial charge on any atom is -0.461 e. The fraction of sp³-hybridized carbons (Fsp3) is 0.143. The second kappa shape index (κ2) is 6.97. The number of anilines is 1. The molecule has 0 unspecified atom stereocenters. The molecule has 0 aromatic carbocycles. The van der Waals surface area contributed by atoms with E-state index in [0.29, 0.717) is 22.6 Å². The summed E-state index contributed by atoms with van der Waals surface area (Å²) in [6.07, 6.45) is 3.20. The van der Waals surface area contributed by atoms with Crippen LogP contribution in [0.5, 0.6) is 0 Å². The van der Waals surface area contributed by atoms with Gasteiger partial charge in [0.25, 0.3) is 0 Å². The Kier molecular flexibility index (Phi) is 4.77. The van der Waals surface area contributed by atoms with E-state index >= 15 is 0 Å². The van der Waals surface area contributed by atoms with Gasteiger partial charge in [-0.25, -0.2) is 4.98 Å². The molecule has 0 aliphatic rings. The van der Waals surface area contributed by atoms with E-state index in [1.54, 1.807) is 29.2 Å². The molecule has 0 radical (unpaired) electrons. The number of carbonyl (C=O) groups excluding carboxylic acids is 1. The SMILES string of the molecule is Cn1c(SCC(=O)Nc2ccc(Br)cn2)nnc1-c1ccco1. The Hall–Kier alpha value is -2.13. The van der Waals surface area contributed by atoms with Crippen LogP contribution in [0, 0.1) is 0 Å². The summed E-state index contributed by atoms with van der Waals surface area (Å²) in [6, 6.07) is 7.14. The first kappa shape index (κ1) is 15.8. The number of aromatic nitrogens is 4. The van der Waals surface area contributed by atoms with Crippen molar-refractivity contribution in [2.24, 2.45) is 7.05 Å². The summed E-state index contributed by atoms with van der Waals surface area (Å²) in [7, 11) is 1.83. The molecular formula is C14H12BrN5O2S. The topological polar surface area (TPSA) is 85.8 Å². The van der Waals surface area contributed by atoms with Crippen LogP contribution in [0.25, 0.3) is 11.6 Å². The van der Waals surface area contributed by atoms with Gasteiger partial charge >= 0.3 is 0 Å². The minimum absolute atomic E-state index is 0.160. The highest BCUT2D eigenvalue weighted by atomic mass is 79.9. The van der Waals surface area contributed by atoms with Crippen molar-refractivity contribution < 1.29 is 9.21 Å². The van der Waals surface area contributed by atoms with Crippen LogP contribution in [0.3, 0.4) is 0 Å². The largest absolute Gasteiger partial charge is 0.461 e. The average molecular weight is 394 g/mol. The molecular weight excluding hydrogens is 382 g/mol. The zero-order chi connectivity index (χ0) is 16.2. The summed E-state index contributed by atoms with van der Waals surface area (Å²) in [6.45, 7) is 0. The summed E-state index contributed by atoms with van der Waals surface area (Å²) in [4.78, 5) is 16.1. The van der Waals surface area contributed by atoms with Crippen LogP contribution in [0.15, 0.2) is 50.8 Å². The highest BCUT2D eigenvalue weighted by molar-refractivity contribution is 9.10. The molecule has 0 saturated heterocycles. The second-order valence-electron chi connectivity index (χ2n) is 4.54. The molecule has 7 nitrogen and oxygen atoms in total. The Labute approximate surface area is 144 Å². The van der Waals surface area contributed by atoms with Crippen LogP contribution in [0.1, 0.15) is 0 Å². The monoisotopic (exact) mass is 393 g/mol. The van der Waals surface area contributed by atoms with Gasteiger partial charge in [-0.05, 0) is 40.2 Å².